The Balaban J connectivity index is 0. The summed E-state index contributed by atoms with van der Waals surface area (Å²) in [5, 5.41) is 0. The second-order valence-electron chi connectivity index (χ2n) is 0. The molecule has 0 saturated carbocycles. The molecule has 0 aliphatic heterocycles. The minimum Gasteiger partial charge on any atom is -1.00 e. The van der Waals surface area contributed by atoms with Gasteiger partial charge < -0.3 is 71.4 Å². The molecule has 0 aliphatic carbocycles. The molecule has 0 aromatic rings. The van der Waals surface area contributed by atoms with Crippen LogP contribution in [0.3, 0.4) is 0 Å². The molecule has 120 valence electrons. The molecule has 0 atom stereocenters. The van der Waals surface area contributed by atoms with Crippen molar-refractivity contribution < 1.29 is 71.4 Å². The minimum absolute atomic E-state index is 0. The molecule has 16 heavy (non-hydrogen) atoms. The SMILES string of the molecule is Cl.Cl.O.O.O.O.O.O.O.O.O.O.O.O.[H-].[H-].[H-].[H-].[Mg+2].[Mg+2]. The van der Waals surface area contributed by atoms with Crippen LogP contribution >= 0.6 is 24.8 Å². The zero-order valence-corrected chi connectivity index (χ0v) is 12.7. The van der Waals surface area contributed by atoms with Crippen molar-refractivity contribution in [1.82, 2.24) is 0 Å². The van der Waals surface area contributed by atoms with Gasteiger partial charge in [0.25, 0.3) is 0 Å². The number of hydrogen-bond donors (Lipinski definition) is 0. The zero-order chi connectivity index (χ0) is 0. The second kappa shape index (κ2) is 1530. The van der Waals surface area contributed by atoms with E-state index in [1.807, 2.05) is 0 Å². The van der Waals surface area contributed by atoms with Crippen molar-refractivity contribution in [2.75, 3.05) is 0 Å². The fourth-order valence-electron chi connectivity index (χ4n) is 0. The number of rotatable bonds is 0. The molecule has 0 aromatic heterocycles. The molecule has 0 spiro atoms. The van der Waals surface area contributed by atoms with Gasteiger partial charge in [0, 0.05) is 0 Å². The molecule has 0 amide bonds. The van der Waals surface area contributed by atoms with Crippen molar-refractivity contribution in [2.24, 2.45) is 0 Å². The van der Waals surface area contributed by atoms with E-state index in [0.717, 1.165) is 0 Å². The van der Waals surface area contributed by atoms with Gasteiger partial charge in [-0.05, 0) is 0 Å². The maximum atomic E-state index is 0. The van der Waals surface area contributed by atoms with E-state index < -0.39 is 0 Å². The van der Waals surface area contributed by atoms with Gasteiger partial charge >= 0.3 is 46.1 Å². The Morgan fingerprint density at radius 3 is 0.250 bits per heavy atom. The molecule has 0 radical (unpaired) electrons. The van der Waals surface area contributed by atoms with Gasteiger partial charge in [-0.2, -0.15) is 0 Å². The first-order valence-corrected chi connectivity index (χ1v) is 0. The van der Waals surface area contributed by atoms with Crippen LogP contribution in [0.2, 0.25) is 0 Å². The average molecular weight is 342 g/mol. The first kappa shape index (κ1) is 1830. The maximum Gasteiger partial charge on any atom is 2.00 e. The van der Waals surface area contributed by atoms with Crippen molar-refractivity contribution >= 4 is 70.9 Å². The van der Waals surface area contributed by atoms with Crippen LogP contribution in [0.15, 0.2) is 0 Å². The third-order valence-corrected chi connectivity index (χ3v) is 0. The summed E-state index contributed by atoms with van der Waals surface area (Å²) in [6, 6.07) is 0. The van der Waals surface area contributed by atoms with Crippen molar-refractivity contribution in [2.45, 2.75) is 0 Å². The van der Waals surface area contributed by atoms with Crippen molar-refractivity contribution in [3.8, 4) is 0 Å². The summed E-state index contributed by atoms with van der Waals surface area (Å²) in [4.78, 5) is 0. The molecule has 16 heteroatoms. The number of hydrogen-bond acceptors (Lipinski definition) is 0. The summed E-state index contributed by atoms with van der Waals surface area (Å²) in [6.45, 7) is 0. The predicted molar refractivity (Wildman–Crippen MR) is 73.8 cm³/mol. The third-order valence-electron chi connectivity index (χ3n) is 0. The Kier molecular flexibility index (Phi) is 174000. The second-order valence-corrected chi connectivity index (χ2v) is 0. The fourth-order valence-corrected chi connectivity index (χ4v) is 0. The normalized spacial score (nSPS) is 0. The van der Waals surface area contributed by atoms with Crippen LogP contribution in [-0.2, 0) is 0 Å². The standard InChI is InChI=1S/2ClH.2Mg.12H2O.4H/h2*1H;;;12*1H2;;;;/q;;2*+2;;;;;;;;;;;;;4*-1. The quantitative estimate of drug-likeness (QED) is 0.370. The molecule has 0 saturated heterocycles. The first-order chi connectivity index (χ1) is 0. The molecule has 0 unspecified atom stereocenters. The van der Waals surface area contributed by atoms with Crippen LogP contribution in [-0.4, -0.2) is 112 Å². The minimum atomic E-state index is 0. The largest absolute Gasteiger partial charge is 2.00 e. The predicted octanol–water partition coefficient (Wildman–Crippen LogP) is -9.36. The van der Waals surface area contributed by atoms with Crippen LogP contribution in [0.4, 0.5) is 0 Å². The van der Waals surface area contributed by atoms with E-state index in [4.69, 9.17) is 0 Å². The van der Waals surface area contributed by atoms with Gasteiger partial charge in [-0.3, -0.25) is 0 Å². The molecule has 0 aromatic carbocycles. The van der Waals surface area contributed by atoms with E-state index in [9.17, 15) is 0 Å². The first-order valence-electron chi connectivity index (χ1n) is 0. The van der Waals surface area contributed by atoms with Gasteiger partial charge in [0.1, 0.15) is 0 Å². The fraction of sp³-hybridized carbons (Fsp3) is 0. The third kappa shape index (κ3) is 1260. The van der Waals surface area contributed by atoms with Gasteiger partial charge in [-0.15, -0.1) is 24.8 Å². The average Bonchev–Trinajstić information content (AvgIpc) is 0. The molecule has 24 N–H and O–H groups in total. The van der Waals surface area contributed by atoms with E-state index >= 15 is 0 Å². The molecule has 0 fully saturated rings. The Morgan fingerprint density at radius 2 is 0.250 bits per heavy atom. The molecule has 0 rings (SSSR count). The number of halogens is 2. The van der Waals surface area contributed by atoms with Crippen molar-refractivity contribution in [3.05, 3.63) is 0 Å². The summed E-state index contributed by atoms with van der Waals surface area (Å²) < 4.78 is 0. The molecule has 12 nitrogen and oxygen atoms in total. The monoisotopic (exact) mass is 340 g/mol. The Hall–Kier alpha value is 1.63. The smallest absolute Gasteiger partial charge is 1.00 e. The topological polar surface area (TPSA) is 378 Å². The molecular formula is H30Cl2Mg2O12. The van der Waals surface area contributed by atoms with E-state index in [0.29, 0.717) is 0 Å². The maximum absolute atomic E-state index is 0. The van der Waals surface area contributed by atoms with E-state index in [-0.39, 0.29) is 142 Å². The van der Waals surface area contributed by atoms with Gasteiger partial charge in [-0.25, -0.2) is 0 Å². The van der Waals surface area contributed by atoms with Crippen LogP contribution in [0, 0.1) is 0 Å². The van der Waals surface area contributed by atoms with Gasteiger partial charge in [0.05, 0.1) is 0 Å². The Bertz CT molecular complexity index is 31.4. The summed E-state index contributed by atoms with van der Waals surface area (Å²) in [5.41, 5.74) is 0. The summed E-state index contributed by atoms with van der Waals surface area (Å²) in [5.74, 6) is 0. The van der Waals surface area contributed by atoms with Crippen LogP contribution in [0.25, 0.3) is 0 Å². The van der Waals surface area contributed by atoms with Gasteiger partial charge in [0.2, 0.25) is 0 Å². The van der Waals surface area contributed by atoms with Crippen LogP contribution in [0.5, 0.6) is 0 Å². The summed E-state index contributed by atoms with van der Waals surface area (Å²) in [6.07, 6.45) is 0. The van der Waals surface area contributed by atoms with E-state index in [2.05, 4.69) is 0 Å². The summed E-state index contributed by atoms with van der Waals surface area (Å²) >= 11 is 0. The van der Waals surface area contributed by atoms with Gasteiger partial charge in [0.15, 0.2) is 0 Å². The Morgan fingerprint density at radius 1 is 0.250 bits per heavy atom. The van der Waals surface area contributed by atoms with Crippen LogP contribution < -0.4 is 0 Å². The van der Waals surface area contributed by atoms with E-state index in [1.165, 1.54) is 0 Å². The van der Waals surface area contributed by atoms with Crippen LogP contribution in [0.1, 0.15) is 5.71 Å². The van der Waals surface area contributed by atoms with Crippen molar-refractivity contribution in [1.29, 1.82) is 0 Å². The van der Waals surface area contributed by atoms with Gasteiger partial charge in [-0.1, -0.05) is 0 Å². The molecule has 0 aliphatic rings. The molecule has 0 bridgehead atoms. The summed E-state index contributed by atoms with van der Waals surface area (Å²) in [7, 11) is 0. The van der Waals surface area contributed by atoms with Crippen molar-refractivity contribution in [3.63, 3.8) is 0 Å². The van der Waals surface area contributed by atoms with E-state index in [1.54, 1.807) is 0 Å². The molecule has 0 heterocycles. The Labute approximate surface area is 142 Å². The molecular weight excluding hydrogens is 312 g/mol. The zero-order valence-electron chi connectivity index (χ0n) is 12.2.